The van der Waals surface area contributed by atoms with Crippen molar-refractivity contribution in [1.82, 2.24) is 0 Å². The molecule has 108 valence electrons. The molecule has 0 atom stereocenters. The summed E-state index contributed by atoms with van der Waals surface area (Å²) < 4.78 is 5.25. The zero-order chi connectivity index (χ0) is 15.1. The molecule has 5 heteroatoms. The largest absolute Gasteiger partial charge is 0.504 e. The first-order valence-corrected chi connectivity index (χ1v) is 6.46. The van der Waals surface area contributed by atoms with Gasteiger partial charge in [-0.05, 0) is 37.3 Å². The second kappa shape index (κ2) is 7.09. The predicted octanol–water partition coefficient (Wildman–Crippen LogP) is 2.98. The van der Waals surface area contributed by atoms with Crippen molar-refractivity contribution in [2.45, 2.75) is 6.92 Å². The van der Waals surface area contributed by atoms with Gasteiger partial charge in [-0.25, -0.2) is 4.79 Å². The highest BCUT2D eigenvalue weighted by molar-refractivity contribution is 5.90. The summed E-state index contributed by atoms with van der Waals surface area (Å²) in [4.78, 5) is 16.4. The number of phenols is 1. The Labute approximate surface area is 122 Å². The molecule has 0 aliphatic carbocycles. The Kier molecular flexibility index (Phi) is 4.93. The quantitative estimate of drug-likeness (QED) is 0.521. The second-order valence-electron chi connectivity index (χ2n) is 4.14. The van der Waals surface area contributed by atoms with E-state index in [1.54, 1.807) is 36.4 Å². The van der Waals surface area contributed by atoms with Gasteiger partial charge in [0, 0.05) is 5.56 Å². The molecule has 1 N–H and O–H groups in total. The zero-order valence-corrected chi connectivity index (χ0v) is 11.5. The van der Waals surface area contributed by atoms with Crippen LogP contribution in [0.1, 0.15) is 22.8 Å². The molecule has 0 aromatic heterocycles. The fourth-order valence-electron chi connectivity index (χ4n) is 1.64. The minimum atomic E-state index is -0.532. The first-order valence-electron chi connectivity index (χ1n) is 6.46. The molecule has 0 aliphatic heterocycles. The van der Waals surface area contributed by atoms with Gasteiger partial charge >= 0.3 is 5.97 Å². The Morgan fingerprint density at radius 2 is 2.00 bits per heavy atom. The molecule has 0 unspecified atom stereocenters. The Bertz CT molecular complexity index is 638. The van der Waals surface area contributed by atoms with Crippen LogP contribution in [0.15, 0.2) is 53.7 Å². The molecule has 0 fully saturated rings. The van der Waals surface area contributed by atoms with Gasteiger partial charge in [0.2, 0.25) is 0 Å². The van der Waals surface area contributed by atoms with Crippen molar-refractivity contribution in [3.05, 3.63) is 59.7 Å². The molecule has 0 bridgehead atoms. The van der Waals surface area contributed by atoms with E-state index in [4.69, 9.17) is 9.57 Å². The summed E-state index contributed by atoms with van der Waals surface area (Å²) in [6, 6.07) is 13.3. The summed E-state index contributed by atoms with van der Waals surface area (Å²) in [5, 5.41) is 13.2. The van der Waals surface area contributed by atoms with E-state index >= 15 is 0 Å². The van der Waals surface area contributed by atoms with Crippen LogP contribution in [0.3, 0.4) is 0 Å². The molecule has 5 nitrogen and oxygen atoms in total. The van der Waals surface area contributed by atoms with E-state index in [1.165, 1.54) is 12.3 Å². The average Bonchev–Trinajstić information content (AvgIpc) is 2.51. The van der Waals surface area contributed by atoms with Crippen LogP contribution in [0.5, 0.6) is 11.5 Å². The van der Waals surface area contributed by atoms with E-state index in [9.17, 15) is 9.90 Å². The molecule has 0 radical (unpaired) electrons. The van der Waals surface area contributed by atoms with Crippen LogP contribution < -0.4 is 4.74 Å². The molecule has 0 saturated heterocycles. The summed E-state index contributed by atoms with van der Waals surface area (Å²) in [5.41, 5.74) is 1.08. The maximum Gasteiger partial charge on any atom is 0.365 e. The number of rotatable bonds is 5. The first-order chi connectivity index (χ1) is 10.2. The average molecular weight is 285 g/mol. The first kappa shape index (κ1) is 14.6. The normalized spacial score (nSPS) is 10.5. The van der Waals surface area contributed by atoms with Gasteiger partial charge in [0.1, 0.15) is 0 Å². The Balaban J connectivity index is 2.01. The lowest BCUT2D eigenvalue weighted by molar-refractivity contribution is 0.0519. The molecular weight excluding hydrogens is 270 g/mol. The molecule has 2 aromatic carbocycles. The van der Waals surface area contributed by atoms with Gasteiger partial charge in [-0.2, -0.15) is 0 Å². The Morgan fingerprint density at radius 3 is 2.71 bits per heavy atom. The van der Waals surface area contributed by atoms with Crippen LogP contribution >= 0.6 is 0 Å². The lowest BCUT2D eigenvalue weighted by Crippen LogP contribution is -2.00. The van der Waals surface area contributed by atoms with Gasteiger partial charge in [0.05, 0.1) is 18.4 Å². The minimum Gasteiger partial charge on any atom is -0.504 e. The highest BCUT2D eigenvalue weighted by atomic mass is 16.7. The topological polar surface area (TPSA) is 68.1 Å². The molecule has 2 aromatic rings. The predicted molar refractivity (Wildman–Crippen MR) is 78.7 cm³/mol. The van der Waals surface area contributed by atoms with Crippen molar-refractivity contribution in [2.75, 3.05) is 6.61 Å². The van der Waals surface area contributed by atoms with E-state index in [2.05, 4.69) is 5.16 Å². The van der Waals surface area contributed by atoms with Crippen molar-refractivity contribution in [3.63, 3.8) is 0 Å². The number of hydrogen-bond acceptors (Lipinski definition) is 5. The number of nitrogens with zero attached hydrogens (tertiary/aromatic N) is 1. The van der Waals surface area contributed by atoms with Gasteiger partial charge in [0.25, 0.3) is 0 Å². The van der Waals surface area contributed by atoms with Crippen LogP contribution in [0.2, 0.25) is 0 Å². The molecule has 0 spiro atoms. The van der Waals surface area contributed by atoms with Crippen LogP contribution in [-0.2, 0) is 4.84 Å². The van der Waals surface area contributed by atoms with Crippen molar-refractivity contribution in [3.8, 4) is 11.5 Å². The van der Waals surface area contributed by atoms with Gasteiger partial charge in [0.15, 0.2) is 11.5 Å². The maximum atomic E-state index is 11.7. The van der Waals surface area contributed by atoms with E-state index in [0.717, 1.165) is 0 Å². The smallest absolute Gasteiger partial charge is 0.365 e. The van der Waals surface area contributed by atoms with Gasteiger partial charge in [-0.1, -0.05) is 23.4 Å². The Morgan fingerprint density at radius 1 is 1.24 bits per heavy atom. The SMILES string of the molecule is CCOc1cc(/C=N/OC(=O)c2ccccc2)ccc1O. The highest BCUT2D eigenvalue weighted by Crippen LogP contribution is 2.26. The van der Waals surface area contributed by atoms with E-state index in [0.29, 0.717) is 23.5 Å². The van der Waals surface area contributed by atoms with Crippen molar-refractivity contribution in [2.24, 2.45) is 5.16 Å². The number of aromatic hydroxyl groups is 1. The standard InChI is InChI=1S/C16H15NO4/c1-2-20-15-10-12(8-9-14(15)18)11-17-21-16(19)13-6-4-3-5-7-13/h3-11,18H,2H2,1H3/b17-11+. The lowest BCUT2D eigenvalue weighted by atomic mass is 10.2. The lowest BCUT2D eigenvalue weighted by Gasteiger charge is -2.05. The number of carbonyl (C=O) groups is 1. The molecule has 0 amide bonds. The number of benzene rings is 2. The fraction of sp³-hybridized carbons (Fsp3) is 0.125. The third-order valence-corrected chi connectivity index (χ3v) is 2.63. The monoisotopic (exact) mass is 285 g/mol. The second-order valence-corrected chi connectivity index (χ2v) is 4.14. The Hall–Kier alpha value is -2.82. The molecule has 0 saturated carbocycles. The number of hydrogen-bond donors (Lipinski definition) is 1. The van der Waals surface area contributed by atoms with Crippen molar-refractivity contribution >= 4 is 12.2 Å². The van der Waals surface area contributed by atoms with E-state index in [-0.39, 0.29) is 5.75 Å². The summed E-state index contributed by atoms with van der Waals surface area (Å²) in [6.07, 6.45) is 1.38. The van der Waals surface area contributed by atoms with Crippen LogP contribution in [0.4, 0.5) is 0 Å². The van der Waals surface area contributed by atoms with Crippen LogP contribution in [-0.4, -0.2) is 23.9 Å². The molecule has 0 heterocycles. The zero-order valence-electron chi connectivity index (χ0n) is 11.5. The number of ether oxygens (including phenoxy) is 1. The molecule has 2 rings (SSSR count). The van der Waals surface area contributed by atoms with Gasteiger partial charge in [-0.3, -0.25) is 0 Å². The van der Waals surface area contributed by atoms with Crippen molar-refractivity contribution in [1.29, 1.82) is 0 Å². The van der Waals surface area contributed by atoms with Gasteiger partial charge < -0.3 is 14.7 Å². The number of phenolic OH excluding ortho intramolecular Hbond substituents is 1. The highest BCUT2D eigenvalue weighted by Gasteiger charge is 2.05. The summed E-state index contributed by atoms with van der Waals surface area (Å²) >= 11 is 0. The molecular formula is C16H15NO4. The fourth-order valence-corrected chi connectivity index (χ4v) is 1.64. The van der Waals surface area contributed by atoms with E-state index in [1.807, 2.05) is 13.0 Å². The van der Waals surface area contributed by atoms with Gasteiger partial charge in [-0.15, -0.1) is 0 Å². The van der Waals surface area contributed by atoms with Crippen LogP contribution in [0, 0.1) is 0 Å². The van der Waals surface area contributed by atoms with Crippen LogP contribution in [0.25, 0.3) is 0 Å². The maximum absolute atomic E-state index is 11.7. The third-order valence-electron chi connectivity index (χ3n) is 2.63. The summed E-state index contributed by atoms with van der Waals surface area (Å²) in [6.45, 7) is 2.26. The van der Waals surface area contributed by atoms with Crippen molar-refractivity contribution < 1.29 is 19.5 Å². The molecule has 0 aliphatic rings. The molecule has 21 heavy (non-hydrogen) atoms. The summed E-state index contributed by atoms with van der Waals surface area (Å²) in [5.74, 6) is -0.123. The number of oxime groups is 1. The minimum absolute atomic E-state index is 0.0512. The summed E-state index contributed by atoms with van der Waals surface area (Å²) in [7, 11) is 0. The third kappa shape index (κ3) is 4.07. The number of carbonyl (C=O) groups excluding carboxylic acids is 1. The van der Waals surface area contributed by atoms with E-state index < -0.39 is 5.97 Å².